The molecule has 3 N–H and O–H groups in total. The van der Waals surface area contributed by atoms with Crippen LogP contribution in [0, 0.1) is 40.9 Å². The summed E-state index contributed by atoms with van der Waals surface area (Å²) in [5, 5.41) is 31.9. The van der Waals surface area contributed by atoms with Crippen LogP contribution in [0.4, 0.5) is 0 Å². The number of aliphatic hydroxyl groups excluding tert-OH is 1. The van der Waals surface area contributed by atoms with E-state index >= 15 is 0 Å². The number of carbonyl (C=O) groups is 1. The molecule has 0 unspecified atom stereocenters. The number of ketones is 1. The predicted octanol–water partition coefficient (Wildman–Crippen LogP) is 5.42. The summed E-state index contributed by atoms with van der Waals surface area (Å²) in [5.74, 6) is 0.789. The number of hydrogen-bond acceptors (Lipinski definition) is 4. The van der Waals surface area contributed by atoms with E-state index in [-0.39, 0.29) is 44.9 Å². The Hall–Kier alpha value is -1.55. The molecule has 0 aliphatic heterocycles. The van der Waals surface area contributed by atoms with Gasteiger partial charge in [0.15, 0.2) is 17.3 Å². The van der Waals surface area contributed by atoms with Gasteiger partial charge in [-0.05, 0) is 103 Å². The summed E-state index contributed by atoms with van der Waals surface area (Å²) >= 11 is 0. The van der Waals surface area contributed by atoms with Crippen LogP contribution in [0.5, 0.6) is 11.5 Å². The van der Waals surface area contributed by atoms with Gasteiger partial charge in [-0.15, -0.1) is 0 Å². The maximum atomic E-state index is 12.7. The molecule has 4 aliphatic rings. The molecule has 0 heterocycles. The molecule has 3 fully saturated rings. The molecule has 0 amide bonds. The molecule has 4 nitrogen and oxygen atoms in total. The number of carbonyl (C=O) groups excluding carboxylic acids is 1. The molecule has 0 spiro atoms. The Labute approximate surface area is 192 Å². The van der Waals surface area contributed by atoms with E-state index < -0.39 is 6.10 Å². The number of rotatable bonds is 0. The minimum atomic E-state index is -0.847. The predicted molar refractivity (Wildman–Crippen MR) is 125 cm³/mol. The Morgan fingerprint density at radius 2 is 1.59 bits per heavy atom. The summed E-state index contributed by atoms with van der Waals surface area (Å²) in [4.78, 5) is 12.7. The second-order valence-corrected chi connectivity index (χ2v) is 12.7. The third kappa shape index (κ3) is 2.40. The van der Waals surface area contributed by atoms with E-state index in [1.54, 1.807) is 0 Å². The molecule has 4 aliphatic carbocycles. The first-order chi connectivity index (χ1) is 14.8. The zero-order chi connectivity index (χ0) is 23.4. The minimum Gasteiger partial charge on any atom is -0.504 e. The van der Waals surface area contributed by atoms with E-state index in [9.17, 15) is 20.1 Å². The number of fused-ring (bicyclic) bond motifs is 7. The molecular formula is C28H40O4. The first-order valence-corrected chi connectivity index (χ1v) is 12.6. The van der Waals surface area contributed by atoms with Gasteiger partial charge < -0.3 is 15.3 Å². The molecule has 8 atom stereocenters. The summed E-state index contributed by atoms with van der Waals surface area (Å²) in [6, 6.07) is 1.84. The fourth-order valence-corrected chi connectivity index (χ4v) is 9.37. The SMILES string of the molecule is Cc1c(O)c(O)cc2c1CC[C@@H]1[C@@]2(C)CC[C@]2(C)[C@@H]3C[C@@H](C)C(=O)[C@@H](O)[C@]3(C)CC[C@]12C. The molecular weight excluding hydrogens is 400 g/mol. The second kappa shape index (κ2) is 6.52. The molecule has 0 radical (unpaired) electrons. The van der Waals surface area contributed by atoms with Gasteiger partial charge >= 0.3 is 0 Å². The van der Waals surface area contributed by atoms with Crippen LogP contribution in [-0.4, -0.2) is 27.2 Å². The maximum Gasteiger partial charge on any atom is 0.164 e. The van der Waals surface area contributed by atoms with E-state index in [4.69, 9.17) is 0 Å². The van der Waals surface area contributed by atoms with Crippen LogP contribution in [-0.2, 0) is 16.6 Å². The van der Waals surface area contributed by atoms with Gasteiger partial charge in [-0.2, -0.15) is 0 Å². The number of aliphatic hydroxyl groups is 1. The van der Waals surface area contributed by atoms with Crippen LogP contribution < -0.4 is 0 Å². The summed E-state index contributed by atoms with van der Waals surface area (Å²) in [6.45, 7) is 13.4. The van der Waals surface area contributed by atoms with Crippen molar-refractivity contribution in [2.45, 2.75) is 98.0 Å². The number of hydrogen-bond donors (Lipinski definition) is 3. The van der Waals surface area contributed by atoms with E-state index in [1.165, 1.54) is 11.1 Å². The molecule has 1 aromatic carbocycles. The van der Waals surface area contributed by atoms with Crippen molar-refractivity contribution in [2.75, 3.05) is 0 Å². The van der Waals surface area contributed by atoms with Crippen molar-refractivity contribution in [3.8, 4) is 11.5 Å². The molecule has 0 aromatic heterocycles. The Morgan fingerprint density at radius 3 is 2.28 bits per heavy atom. The Morgan fingerprint density at radius 1 is 0.969 bits per heavy atom. The van der Waals surface area contributed by atoms with Gasteiger partial charge in [0.1, 0.15) is 6.10 Å². The van der Waals surface area contributed by atoms with Crippen molar-refractivity contribution in [2.24, 2.45) is 34.0 Å². The Bertz CT molecular complexity index is 1000. The molecule has 0 saturated heterocycles. The average Bonchev–Trinajstić information content (AvgIpc) is 2.75. The molecule has 32 heavy (non-hydrogen) atoms. The molecule has 1 aromatic rings. The first-order valence-electron chi connectivity index (χ1n) is 12.6. The summed E-state index contributed by atoms with van der Waals surface area (Å²) < 4.78 is 0. The van der Waals surface area contributed by atoms with E-state index in [0.29, 0.717) is 11.8 Å². The lowest BCUT2D eigenvalue weighted by molar-refractivity contribution is -0.224. The monoisotopic (exact) mass is 440 g/mol. The molecule has 176 valence electrons. The normalized spacial score (nSPS) is 47.8. The van der Waals surface area contributed by atoms with Crippen molar-refractivity contribution < 1.29 is 20.1 Å². The average molecular weight is 441 g/mol. The standard InChI is InChI=1S/C28H40O4/c1-15-13-21-26(4,24(32)22(15)30)10-12-27(5)20-8-7-17-16(2)23(31)19(29)14-18(17)25(20,3)9-11-28(21,27)6/h14-15,20-21,24,29,31-32H,7-13H2,1-6H3/t15-,20-,21-,24-,25+,26-,27-,28-/m1/s1. The highest BCUT2D eigenvalue weighted by atomic mass is 16.3. The highest BCUT2D eigenvalue weighted by Crippen LogP contribution is 2.74. The van der Waals surface area contributed by atoms with E-state index in [1.807, 2.05) is 19.9 Å². The van der Waals surface area contributed by atoms with Crippen molar-refractivity contribution in [1.82, 2.24) is 0 Å². The quantitative estimate of drug-likeness (QED) is 0.471. The van der Waals surface area contributed by atoms with Gasteiger partial charge in [0.2, 0.25) is 0 Å². The first kappa shape index (κ1) is 22.3. The van der Waals surface area contributed by atoms with Crippen molar-refractivity contribution in [3.63, 3.8) is 0 Å². The van der Waals surface area contributed by atoms with Crippen LogP contribution in [0.25, 0.3) is 0 Å². The third-order valence-electron chi connectivity index (χ3n) is 11.7. The van der Waals surface area contributed by atoms with E-state index in [0.717, 1.165) is 50.5 Å². The van der Waals surface area contributed by atoms with Gasteiger partial charge in [0.05, 0.1) is 0 Å². The van der Waals surface area contributed by atoms with Crippen LogP contribution >= 0.6 is 0 Å². The summed E-state index contributed by atoms with van der Waals surface area (Å²) in [6.07, 6.45) is 6.06. The molecule has 5 rings (SSSR count). The van der Waals surface area contributed by atoms with Crippen molar-refractivity contribution >= 4 is 5.78 Å². The number of Topliss-reactive ketones (excluding diaryl/α,β-unsaturated/α-hetero) is 1. The van der Waals surface area contributed by atoms with Gasteiger partial charge in [0, 0.05) is 11.3 Å². The highest BCUT2D eigenvalue weighted by molar-refractivity contribution is 5.86. The minimum absolute atomic E-state index is 0.000530. The molecule has 4 heteroatoms. The van der Waals surface area contributed by atoms with Crippen LogP contribution in [0.3, 0.4) is 0 Å². The lowest BCUT2D eigenvalue weighted by Crippen LogP contribution is -2.68. The number of phenolic OH excluding ortho intramolecular Hbond substituents is 2. The largest absolute Gasteiger partial charge is 0.504 e. The van der Waals surface area contributed by atoms with Crippen LogP contribution in [0.15, 0.2) is 6.07 Å². The Kier molecular flexibility index (Phi) is 4.54. The maximum absolute atomic E-state index is 12.7. The van der Waals surface area contributed by atoms with Crippen LogP contribution in [0.1, 0.15) is 89.8 Å². The fourth-order valence-electron chi connectivity index (χ4n) is 9.37. The van der Waals surface area contributed by atoms with Crippen molar-refractivity contribution in [3.05, 3.63) is 22.8 Å². The second-order valence-electron chi connectivity index (χ2n) is 12.7. The zero-order valence-corrected chi connectivity index (χ0v) is 20.6. The lowest BCUT2D eigenvalue weighted by atomic mass is 9.33. The van der Waals surface area contributed by atoms with Crippen molar-refractivity contribution in [1.29, 1.82) is 0 Å². The Balaban J connectivity index is 1.62. The topological polar surface area (TPSA) is 77.8 Å². The van der Waals surface area contributed by atoms with Crippen LogP contribution in [0.2, 0.25) is 0 Å². The smallest absolute Gasteiger partial charge is 0.164 e. The third-order valence-corrected chi connectivity index (χ3v) is 11.7. The highest BCUT2D eigenvalue weighted by Gasteiger charge is 2.69. The number of aromatic hydroxyl groups is 2. The van der Waals surface area contributed by atoms with Gasteiger partial charge in [-0.3, -0.25) is 4.79 Å². The summed E-state index contributed by atoms with van der Waals surface area (Å²) in [5.41, 5.74) is 3.06. The number of phenols is 2. The number of benzene rings is 1. The van der Waals surface area contributed by atoms with Gasteiger partial charge in [-0.25, -0.2) is 0 Å². The van der Waals surface area contributed by atoms with E-state index in [2.05, 4.69) is 27.7 Å². The van der Waals surface area contributed by atoms with Gasteiger partial charge in [0.25, 0.3) is 0 Å². The lowest BCUT2D eigenvalue weighted by Gasteiger charge is -2.71. The fraction of sp³-hybridized carbons (Fsp3) is 0.750. The summed E-state index contributed by atoms with van der Waals surface area (Å²) in [7, 11) is 0. The van der Waals surface area contributed by atoms with Gasteiger partial charge in [-0.1, -0.05) is 34.6 Å². The zero-order valence-electron chi connectivity index (χ0n) is 20.6. The molecule has 0 bridgehead atoms. The molecule has 3 saturated carbocycles.